The molecular weight excluding hydrogens is 640 g/mol. The molecule has 0 atom stereocenters. The average molecular weight is 677 g/mol. The van der Waals surface area contributed by atoms with Crippen LogP contribution in [0.4, 0.5) is 0 Å². The molecule has 16 heteroatoms. The second-order valence-corrected chi connectivity index (χ2v) is 11.3. The zero-order valence-corrected chi connectivity index (χ0v) is 27.2. The number of fused-ring (bicyclic) bond motifs is 2. The predicted molar refractivity (Wildman–Crippen MR) is 172 cm³/mol. The summed E-state index contributed by atoms with van der Waals surface area (Å²) in [5, 5.41) is 2.66. The predicted octanol–water partition coefficient (Wildman–Crippen LogP) is 2.02. The molecule has 16 nitrogen and oxygen atoms in total. The Labute approximate surface area is 281 Å². The van der Waals surface area contributed by atoms with Crippen molar-refractivity contribution in [2.24, 2.45) is 5.41 Å². The highest BCUT2D eigenvalue weighted by molar-refractivity contribution is 6.06. The summed E-state index contributed by atoms with van der Waals surface area (Å²) in [7, 11) is 0. The Kier molecular flexibility index (Phi) is 12.7. The zero-order chi connectivity index (χ0) is 35.2. The molecule has 2 aromatic rings. The molecule has 0 unspecified atom stereocenters. The van der Waals surface area contributed by atoms with E-state index in [0.29, 0.717) is 68.4 Å². The molecule has 0 saturated carbocycles. The maximum Gasteiger partial charge on any atom is 0.338 e. The van der Waals surface area contributed by atoms with Crippen LogP contribution in [0, 0.1) is 5.41 Å². The number of carbonyl (C=O) groups excluding carboxylic acids is 5. The van der Waals surface area contributed by atoms with Crippen LogP contribution in [0.1, 0.15) is 45.0 Å². The number of aromatic nitrogens is 4. The molecule has 4 aliphatic heterocycles. The van der Waals surface area contributed by atoms with Crippen LogP contribution in [0.5, 0.6) is 23.5 Å². The molecule has 0 aliphatic carbocycles. The van der Waals surface area contributed by atoms with Gasteiger partial charge in [-0.25, -0.2) is 24.7 Å². The van der Waals surface area contributed by atoms with E-state index in [2.05, 4.69) is 30.0 Å². The van der Waals surface area contributed by atoms with E-state index in [-0.39, 0.29) is 23.6 Å². The molecule has 2 aromatic heterocycles. The molecule has 1 N–H and O–H groups in total. The minimum Gasteiger partial charge on any atom is -0.470 e. The monoisotopic (exact) mass is 676 g/mol. The Hall–Kier alpha value is -5.93. The van der Waals surface area contributed by atoms with Crippen LogP contribution in [0.15, 0.2) is 48.8 Å². The summed E-state index contributed by atoms with van der Waals surface area (Å²) in [4.78, 5) is 74.4. The fraction of sp³-hybridized carbons (Fsp3) is 0.364. The Balaban J connectivity index is 0.000000184. The first-order chi connectivity index (χ1) is 23.5. The number of imide groups is 1. The van der Waals surface area contributed by atoms with E-state index in [1.54, 1.807) is 32.9 Å². The summed E-state index contributed by atoms with van der Waals surface area (Å²) < 4.78 is 25.8. The largest absolute Gasteiger partial charge is 0.470 e. The van der Waals surface area contributed by atoms with E-state index in [0.717, 1.165) is 19.0 Å². The molecule has 49 heavy (non-hydrogen) atoms. The number of rotatable bonds is 4. The Morgan fingerprint density at radius 2 is 1.35 bits per heavy atom. The van der Waals surface area contributed by atoms with Gasteiger partial charge in [0.2, 0.25) is 5.91 Å². The summed E-state index contributed by atoms with van der Waals surface area (Å²) in [6.07, 6.45) is 16.5. The lowest BCUT2D eigenvalue weighted by Gasteiger charge is -2.19. The summed E-state index contributed by atoms with van der Waals surface area (Å²) in [5.41, 5.74) is 0.132. The van der Waals surface area contributed by atoms with Gasteiger partial charge in [-0.15, -0.1) is 0 Å². The second-order valence-electron chi connectivity index (χ2n) is 11.3. The fourth-order valence-corrected chi connectivity index (χ4v) is 3.86. The molecule has 0 saturated heterocycles. The fourth-order valence-electron chi connectivity index (χ4n) is 3.86. The first-order valence-corrected chi connectivity index (χ1v) is 15.3. The number of ether oxygens (including phenoxy) is 5. The molecule has 0 radical (unpaired) electrons. The van der Waals surface area contributed by atoms with Gasteiger partial charge >= 0.3 is 11.9 Å². The lowest BCUT2D eigenvalue weighted by Crippen LogP contribution is -2.37. The molecule has 0 spiro atoms. The van der Waals surface area contributed by atoms with Crippen LogP contribution < -0.4 is 24.3 Å². The third kappa shape index (κ3) is 11.4. The van der Waals surface area contributed by atoms with E-state index < -0.39 is 17.4 Å². The normalized spacial score (nSPS) is 16.2. The number of nitrogens with one attached hydrogen (secondary N) is 1. The number of hydrogen-bond acceptors (Lipinski definition) is 14. The van der Waals surface area contributed by atoms with Crippen molar-refractivity contribution >= 4 is 41.8 Å². The number of esters is 2. The number of nitrogens with zero attached hydrogens (tertiary/aromatic N) is 5. The lowest BCUT2D eigenvalue weighted by molar-refractivity contribution is -0.162. The van der Waals surface area contributed by atoms with Crippen LogP contribution in [-0.4, -0.2) is 94.0 Å². The number of amides is 3. The van der Waals surface area contributed by atoms with Gasteiger partial charge in [0.15, 0.2) is 0 Å². The molecule has 0 aromatic carbocycles. The van der Waals surface area contributed by atoms with Crippen molar-refractivity contribution in [2.45, 2.75) is 33.6 Å². The molecule has 3 amide bonds. The van der Waals surface area contributed by atoms with Crippen molar-refractivity contribution in [3.63, 3.8) is 0 Å². The van der Waals surface area contributed by atoms with Crippen molar-refractivity contribution in [1.29, 1.82) is 0 Å². The quantitative estimate of drug-likeness (QED) is 0.280. The van der Waals surface area contributed by atoms with E-state index in [1.165, 1.54) is 41.6 Å². The van der Waals surface area contributed by atoms with Crippen LogP contribution in [0.2, 0.25) is 0 Å². The molecule has 0 bridgehead atoms. The van der Waals surface area contributed by atoms with Gasteiger partial charge in [0.25, 0.3) is 35.3 Å². The van der Waals surface area contributed by atoms with Crippen molar-refractivity contribution in [3.05, 3.63) is 60.2 Å². The van der Waals surface area contributed by atoms with Crippen LogP contribution >= 0.6 is 0 Å². The zero-order valence-electron chi connectivity index (χ0n) is 27.2. The van der Waals surface area contributed by atoms with Crippen molar-refractivity contribution in [1.82, 2.24) is 30.2 Å². The molecule has 0 fully saturated rings. The van der Waals surface area contributed by atoms with Crippen molar-refractivity contribution < 1.29 is 47.7 Å². The van der Waals surface area contributed by atoms with Crippen LogP contribution in [-0.2, 0) is 28.7 Å². The first kappa shape index (κ1) is 35.9. The highest BCUT2D eigenvalue weighted by Gasteiger charge is 2.25. The van der Waals surface area contributed by atoms with Crippen molar-refractivity contribution in [3.8, 4) is 23.5 Å². The molecule has 4 aliphatic rings. The Bertz CT molecular complexity index is 1680. The molecule has 6 rings (SSSR count). The molecular formula is C33H36N6O10. The van der Waals surface area contributed by atoms with E-state index in [4.69, 9.17) is 18.9 Å². The van der Waals surface area contributed by atoms with Crippen molar-refractivity contribution in [2.75, 3.05) is 39.5 Å². The van der Waals surface area contributed by atoms with Gasteiger partial charge in [0.1, 0.15) is 26.4 Å². The molecule has 258 valence electrons. The summed E-state index contributed by atoms with van der Waals surface area (Å²) >= 11 is 0. The lowest BCUT2D eigenvalue weighted by atomic mass is 9.97. The van der Waals surface area contributed by atoms with E-state index in [1.807, 2.05) is 6.08 Å². The standard InChI is InChI=1S/C14H13N3O4.C14H16N2O5.C5H7NO/c18-11-3-1-2-6-17(11)12(19)5-4-10-9-15-13-14(16-10)21-8-7-20-13;1-14(2,3)13(18)21-10(17)5-4-9-8-15-11-12(16-9)20-7-6-19-11;7-5-3-1-2-4-6-5/h1,3-5,9H,2,6-8H2;4-5,8H,6-7H2,1-3H3;1,3H,2,4H2,(H,6,7)/b2*5-4+;. The Morgan fingerprint density at radius 1 is 0.796 bits per heavy atom. The SMILES string of the molecule is CC(C)(C)C(=O)OC(=O)/C=C/c1cnc2c(n1)OCCO2.O=C1C=CCCN1.O=C1C=CCCN1C(=O)/C=C/c1cnc2c(n1)OCCO2. The van der Waals surface area contributed by atoms with Crippen LogP contribution in [0.3, 0.4) is 0 Å². The average Bonchev–Trinajstić information content (AvgIpc) is 3.10. The highest BCUT2D eigenvalue weighted by Crippen LogP contribution is 2.25. The van der Waals surface area contributed by atoms with E-state index in [9.17, 15) is 24.0 Å². The first-order valence-electron chi connectivity index (χ1n) is 15.3. The van der Waals surface area contributed by atoms with Gasteiger partial charge in [0, 0.05) is 25.2 Å². The third-order valence-electron chi connectivity index (χ3n) is 6.36. The molecule has 6 heterocycles. The van der Waals surface area contributed by atoms with Gasteiger partial charge in [-0.1, -0.05) is 12.2 Å². The summed E-state index contributed by atoms with van der Waals surface area (Å²) in [6.45, 7) is 7.88. The maximum atomic E-state index is 12.0. The minimum absolute atomic E-state index is 0.0336. The van der Waals surface area contributed by atoms with E-state index >= 15 is 0 Å². The van der Waals surface area contributed by atoms with Gasteiger partial charge in [-0.2, -0.15) is 0 Å². The summed E-state index contributed by atoms with van der Waals surface area (Å²) in [5.74, 6) is -0.728. The van der Waals surface area contributed by atoms with Gasteiger partial charge in [-0.05, 0) is 57.9 Å². The second kappa shape index (κ2) is 17.3. The minimum atomic E-state index is -0.758. The summed E-state index contributed by atoms with van der Waals surface area (Å²) in [6, 6.07) is 0. The third-order valence-corrected chi connectivity index (χ3v) is 6.36. The number of carbonyl (C=O) groups is 5. The number of hydrogen-bond donors (Lipinski definition) is 1. The smallest absolute Gasteiger partial charge is 0.338 e. The van der Waals surface area contributed by atoms with Gasteiger partial charge in [-0.3, -0.25) is 24.1 Å². The van der Waals surface area contributed by atoms with Gasteiger partial charge in [0.05, 0.1) is 29.2 Å². The topological polar surface area (TPSA) is 198 Å². The maximum absolute atomic E-state index is 12.0. The van der Waals surface area contributed by atoms with Gasteiger partial charge < -0.3 is 29.0 Å². The Morgan fingerprint density at radius 3 is 1.84 bits per heavy atom. The van der Waals surface area contributed by atoms with Crippen LogP contribution in [0.25, 0.3) is 12.2 Å². The highest BCUT2D eigenvalue weighted by atomic mass is 16.6.